The summed E-state index contributed by atoms with van der Waals surface area (Å²) in [5.74, 6) is 0. The van der Waals surface area contributed by atoms with Crippen molar-refractivity contribution in [1.82, 2.24) is 5.32 Å². The van der Waals surface area contributed by atoms with Gasteiger partial charge in [-0.3, -0.25) is 0 Å². The van der Waals surface area contributed by atoms with Gasteiger partial charge in [0.1, 0.15) is 0 Å². The molecule has 2 atom stereocenters. The van der Waals surface area contributed by atoms with Gasteiger partial charge in [0.15, 0.2) is 0 Å². The van der Waals surface area contributed by atoms with Gasteiger partial charge in [0.25, 0.3) is 0 Å². The van der Waals surface area contributed by atoms with Gasteiger partial charge in [-0.05, 0) is 31.1 Å². The standard InChI is InChI=1S/C12H23NO/c1-4-10-12(14-8-7-13-10)6-5-11(2,3)9-12/h10,13H,4-9H2,1-3H3. The molecule has 2 fully saturated rings. The molecule has 0 aromatic rings. The predicted octanol–water partition coefficient (Wildman–Crippen LogP) is 2.33. The molecule has 0 bridgehead atoms. The molecule has 0 amide bonds. The summed E-state index contributed by atoms with van der Waals surface area (Å²) in [6.45, 7) is 8.92. The summed E-state index contributed by atoms with van der Waals surface area (Å²) >= 11 is 0. The molecule has 2 aliphatic rings. The molecule has 2 heteroatoms. The van der Waals surface area contributed by atoms with E-state index in [4.69, 9.17) is 4.74 Å². The van der Waals surface area contributed by atoms with E-state index >= 15 is 0 Å². The van der Waals surface area contributed by atoms with Crippen LogP contribution >= 0.6 is 0 Å². The van der Waals surface area contributed by atoms with Gasteiger partial charge < -0.3 is 10.1 Å². The van der Waals surface area contributed by atoms with Crippen LogP contribution in [0.1, 0.15) is 46.5 Å². The van der Waals surface area contributed by atoms with Gasteiger partial charge in [-0.2, -0.15) is 0 Å². The van der Waals surface area contributed by atoms with Crippen molar-refractivity contribution in [3.8, 4) is 0 Å². The first kappa shape index (κ1) is 10.4. The maximum atomic E-state index is 6.10. The molecule has 2 unspecified atom stereocenters. The van der Waals surface area contributed by atoms with Crippen molar-refractivity contribution >= 4 is 0 Å². The maximum absolute atomic E-state index is 6.10. The van der Waals surface area contributed by atoms with E-state index in [0.717, 1.165) is 13.2 Å². The molecular formula is C12H23NO. The van der Waals surface area contributed by atoms with Gasteiger partial charge in [-0.15, -0.1) is 0 Å². The zero-order valence-electron chi connectivity index (χ0n) is 9.73. The third-order valence-corrected chi connectivity index (χ3v) is 3.93. The molecule has 82 valence electrons. The number of hydrogen-bond donors (Lipinski definition) is 1. The van der Waals surface area contributed by atoms with Crippen LogP contribution in [-0.4, -0.2) is 24.8 Å². The van der Waals surface area contributed by atoms with Gasteiger partial charge >= 0.3 is 0 Å². The van der Waals surface area contributed by atoms with E-state index in [1.54, 1.807) is 0 Å². The Bertz CT molecular complexity index is 214. The number of nitrogens with one attached hydrogen (secondary N) is 1. The fourth-order valence-corrected chi connectivity index (χ4v) is 3.25. The van der Waals surface area contributed by atoms with Crippen LogP contribution in [0.25, 0.3) is 0 Å². The van der Waals surface area contributed by atoms with E-state index in [9.17, 15) is 0 Å². The number of ether oxygens (including phenoxy) is 1. The van der Waals surface area contributed by atoms with Gasteiger partial charge in [-0.1, -0.05) is 20.8 Å². The van der Waals surface area contributed by atoms with Crippen molar-refractivity contribution in [2.45, 2.75) is 58.1 Å². The van der Waals surface area contributed by atoms with E-state index < -0.39 is 0 Å². The van der Waals surface area contributed by atoms with Gasteiger partial charge in [-0.25, -0.2) is 0 Å². The highest BCUT2D eigenvalue weighted by molar-refractivity contribution is 5.03. The summed E-state index contributed by atoms with van der Waals surface area (Å²) in [5, 5.41) is 3.61. The van der Waals surface area contributed by atoms with Crippen molar-refractivity contribution in [1.29, 1.82) is 0 Å². The van der Waals surface area contributed by atoms with Crippen LogP contribution in [0.4, 0.5) is 0 Å². The van der Waals surface area contributed by atoms with Gasteiger partial charge in [0.05, 0.1) is 12.2 Å². The molecule has 1 heterocycles. The second kappa shape index (κ2) is 3.49. The molecule has 1 aliphatic heterocycles. The van der Waals surface area contributed by atoms with Crippen molar-refractivity contribution in [3.63, 3.8) is 0 Å². The lowest BCUT2D eigenvalue weighted by molar-refractivity contribution is -0.0978. The first-order chi connectivity index (χ1) is 6.58. The summed E-state index contributed by atoms with van der Waals surface area (Å²) in [4.78, 5) is 0. The molecule has 0 radical (unpaired) electrons. The highest BCUT2D eigenvalue weighted by atomic mass is 16.5. The van der Waals surface area contributed by atoms with Gasteiger partial charge in [0.2, 0.25) is 0 Å². The molecule has 1 saturated heterocycles. The van der Waals surface area contributed by atoms with Crippen LogP contribution in [0.5, 0.6) is 0 Å². The lowest BCUT2D eigenvalue weighted by Gasteiger charge is -2.42. The minimum Gasteiger partial charge on any atom is -0.372 e. The van der Waals surface area contributed by atoms with E-state index in [1.807, 2.05) is 0 Å². The summed E-state index contributed by atoms with van der Waals surface area (Å²) < 4.78 is 6.10. The zero-order valence-corrected chi connectivity index (χ0v) is 9.73. The second-order valence-electron chi connectivity index (χ2n) is 5.67. The molecular weight excluding hydrogens is 174 g/mol. The van der Waals surface area contributed by atoms with Crippen LogP contribution in [0.2, 0.25) is 0 Å². The van der Waals surface area contributed by atoms with Crippen LogP contribution < -0.4 is 5.32 Å². The fourth-order valence-electron chi connectivity index (χ4n) is 3.25. The molecule has 1 spiro atoms. The average Bonchev–Trinajstić information content (AvgIpc) is 2.44. The van der Waals surface area contributed by atoms with Crippen LogP contribution in [0.15, 0.2) is 0 Å². The lowest BCUT2D eigenvalue weighted by atomic mass is 9.84. The van der Waals surface area contributed by atoms with E-state index in [-0.39, 0.29) is 5.60 Å². The molecule has 0 aromatic heterocycles. The minimum absolute atomic E-state index is 0.163. The Balaban J connectivity index is 2.13. The van der Waals surface area contributed by atoms with Crippen molar-refractivity contribution in [2.24, 2.45) is 5.41 Å². The zero-order chi connectivity index (χ0) is 10.2. The van der Waals surface area contributed by atoms with Crippen molar-refractivity contribution in [2.75, 3.05) is 13.2 Å². The van der Waals surface area contributed by atoms with E-state index in [2.05, 4.69) is 26.1 Å². The Hall–Kier alpha value is -0.0800. The summed E-state index contributed by atoms with van der Waals surface area (Å²) in [6.07, 6.45) is 4.97. The summed E-state index contributed by atoms with van der Waals surface area (Å²) in [7, 11) is 0. The number of morpholine rings is 1. The molecule has 1 aliphatic carbocycles. The third-order valence-electron chi connectivity index (χ3n) is 3.93. The quantitative estimate of drug-likeness (QED) is 0.696. The molecule has 2 rings (SSSR count). The Morgan fingerprint density at radius 1 is 1.36 bits per heavy atom. The largest absolute Gasteiger partial charge is 0.372 e. The smallest absolute Gasteiger partial charge is 0.0840 e. The second-order valence-corrected chi connectivity index (χ2v) is 5.67. The molecule has 1 saturated carbocycles. The molecule has 0 aromatic carbocycles. The third kappa shape index (κ3) is 1.70. The normalized spacial score (nSPS) is 41.8. The Labute approximate surface area is 87.4 Å². The summed E-state index contributed by atoms with van der Waals surface area (Å²) in [5.41, 5.74) is 0.642. The van der Waals surface area contributed by atoms with E-state index in [0.29, 0.717) is 11.5 Å². The number of hydrogen-bond acceptors (Lipinski definition) is 2. The van der Waals surface area contributed by atoms with Gasteiger partial charge in [0, 0.05) is 12.6 Å². The lowest BCUT2D eigenvalue weighted by Crippen LogP contribution is -2.56. The van der Waals surface area contributed by atoms with Crippen LogP contribution in [0, 0.1) is 5.41 Å². The fraction of sp³-hybridized carbons (Fsp3) is 1.00. The predicted molar refractivity (Wildman–Crippen MR) is 58.4 cm³/mol. The Morgan fingerprint density at radius 2 is 2.14 bits per heavy atom. The monoisotopic (exact) mass is 197 g/mol. The van der Waals surface area contributed by atoms with Crippen LogP contribution in [0.3, 0.4) is 0 Å². The SMILES string of the molecule is CCC1NCCOC12CCC(C)(C)C2. The number of rotatable bonds is 1. The maximum Gasteiger partial charge on any atom is 0.0840 e. The molecule has 2 nitrogen and oxygen atoms in total. The first-order valence-corrected chi connectivity index (χ1v) is 5.95. The van der Waals surface area contributed by atoms with Crippen LogP contribution in [-0.2, 0) is 4.74 Å². The first-order valence-electron chi connectivity index (χ1n) is 5.95. The highest BCUT2D eigenvalue weighted by Gasteiger charge is 2.49. The van der Waals surface area contributed by atoms with Crippen molar-refractivity contribution < 1.29 is 4.74 Å². The molecule has 1 N–H and O–H groups in total. The Kier molecular flexibility index (Phi) is 2.61. The van der Waals surface area contributed by atoms with Crippen molar-refractivity contribution in [3.05, 3.63) is 0 Å². The molecule has 14 heavy (non-hydrogen) atoms. The minimum atomic E-state index is 0.163. The Morgan fingerprint density at radius 3 is 2.71 bits per heavy atom. The average molecular weight is 197 g/mol. The van der Waals surface area contributed by atoms with E-state index in [1.165, 1.54) is 25.7 Å². The summed E-state index contributed by atoms with van der Waals surface area (Å²) in [6, 6.07) is 0.582. The topological polar surface area (TPSA) is 21.3 Å². The highest BCUT2D eigenvalue weighted by Crippen LogP contribution is 2.48.